The summed E-state index contributed by atoms with van der Waals surface area (Å²) in [4.78, 5) is 11.0. The van der Waals surface area contributed by atoms with Crippen LogP contribution in [0.4, 0.5) is 11.6 Å². The van der Waals surface area contributed by atoms with Crippen molar-refractivity contribution in [3.8, 4) is 0 Å². The number of aryl methyl sites for hydroxylation is 1. The number of nitrogens with two attached hydrogens (primary N) is 1. The molecule has 0 aromatic carbocycles. The van der Waals surface area contributed by atoms with Crippen molar-refractivity contribution in [3.63, 3.8) is 0 Å². The summed E-state index contributed by atoms with van der Waals surface area (Å²) in [7, 11) is 0. The third-order valence-electron chi connectivity index (χ3n) is 3.31. The van der Waals surface area contributed by atoms with Gasteiger partial charge in [0.1, 0.15) is 17.5 Å². The van der Waals surface area contributed by atoms with Gasteiger partial charge in [0.2, 0.25) is 0 Å². The normalized spacial score (nSPS) is 18.3. The third-order valence-corrected chi connectivity index (χ3v) is 3.31. The molecule has 106 valence electrons. The van der Waals surface area contributed by atoms with Crippen molar-refractivity contribution in [3.05, 3.63) is 11.4 Å². The Morgan fingerprint density at radius 3 is 2.68 bits per heavy atom. The monoisotopic (exact) mass is 265 g/mol. The molecule has 0 saturated carbocycles. The van der Waals surface area contributed by atoms with E-state index < -0.39 is 0 Å². The van der Waals surface area contributed by atoms with Gasteiger partial charge < -0.3 is 15.8 Å². The molecular formula is C13H23N5O. The summed E-state index contributed by atoms with van der Waals surface area (Å²) in [5, 5.41) is 3.43. The molecule has 0 bridgehead atoms. The average Bonchev–Trinajstić information content (AvgIpc) is 2.36. The second-order valence-electron chi connectivity index (χ2n) is 5.09. The van der Waals surface area contributed by atoms with Gasteiger partial charge in [-0.2, -0.15) is 0 Å². The SMILES string of the molecule is Cc1nc(N)c(C)c(NC(C)CN2CCOCC2)n1. The summed E-state index contributed by atoms with van der Waals surface area (Å²) in [5.41, 5.74) is 6.78. The highest BCUT2D eigenvalue weighted by atomic mass is 16.5. The van der Waals surface area contributed by atoms with Gasteiger partial charge in [-0.05, 0) is 20.8 Å². The van der Waals surface area contributed by atoms with Crippen molar-refractivity contribution >= 4 is 11.6 Å². The van der Waals surface area contributed by atoms with E-state index in [1.807, 2.05) is 13.8 Å². The van der Waals surface area contributed by atoms with Gasteiger partial charge in [0, 0.05) is 31.2 Å². The molecule has 3 N–H and O–H groups in total. The minimum Gasteiger partial charge on any atom is -0.383 e. The molecule has 6 heteroatoms. The molecule has 2 rings (SSSR count). The predicted octanol–water partition coefficient (Wildman–Crippen LogP) is 0.808. The summed E-state index contributed by atoms with van der Waals surface area (Å²) >= 11 is 0. The standard InChI is InChI=1S/C13H23N5O/c1-9(8-18-4-6-19-7-5-18)15-13-10(2)12(14)16-11(3)17-13/h9H,4-8H2,1-3H3,(H3,14,15,16,17). The van der Waals surface area contributed by atoms with Crippen molar-refractivity contribution in [1.29, 1.82) is 0 Å². The van der Waals surface area contributed by atoms with E-state index >= 15 is 0 Å². The van der Waals surface area contributed by atoms with Crippen LogP contribution in [0.15, 0.2) is 0 Å². The minimum atomic E-state index is 0.311. The Morgan fingerprint density at radius 2 is 2.00 bits per heavy atom. The molecule has 2 heterocycles. The molecule has 19 heavy (non-hydrogen) atoms. The van der Waals surface area contributed by atoms with Crippen LogP contribution in [0.2, 0.25) is 0 Å². The zero-order valence-electron chi connectivity index (χ0n) is 11.9. The lowest BCUT2D eigenvalue weighted by molar-refractivity contribution is 0.0368. The van der Waals surface area contributed by atoms with Crippen LogP contribution in [-0.2, 0) is 4.74 Å². The zero-order chi connectivity index (χ0) is 13.8. The topological polar surface area (TPSA) is 76.3 Å². The first-order valence-corrected chi connectivity index (χ1v) is 6.73. The summed E-state index contributed by atoms with van der Waals surface area (Å²) in [6.07, 6.45) is 0. The number of anilines is 2. The maximum absolute atomic E-state index is 5.86. The lowest BCUT2D eigenvalue weighted by Crippen LogP contribution is -2.42. The average molecular weight is 265 g/mol. The van der Waals surface area contributed by atoms with Crippen LogP contribution in [0, 0.1) is 13.8 Å². The fourth-order valence-corrected chi connectivity index (χ4v) is 2.24. The summed E-state index contributed by atoms with van der Waals surface area (Å²) in [6, 6.07) is 0.311. The van der Waals surface area contributed by atoms with E-state index in [9.17, 15) is 0 Å². The molecule has 0 radical (unpaired) electrons. The van der Waals surface area contributed by atoms with Crippen LogP contribution in [-0.4, -0.2) is 53.8 Å². The predicted molar refractivity (Wildman–Crippen MR) is 76.3 cm³/mol. The molecule has 0 aliphatic carbocycles. The number of nitrogens with one attached hydrogen (secondary N) is 1. The highest BCUT2D eigenvalue weighted by Gasteiger charge is 2.15. The number of ether oxygens (including phenoxy) is 1. The quantitative estimate of drug-likeness (QED) is 0.839. The Morgan fingerprint density at radius 1 is 1.32 bits per heavy atom. The molecule has 0 spiro atoms. The number of rotatable bonds is 4. The molecule has 1 saturated heterocycles. The zero-order valence-corrected chi connectivity index (χ0v) is 11.9. The second-order valence-corrected chi connectivity index (χ2v) is 5.09. The lowest BCUT2D eigenvalue weighted by Gasteiger charge is -2.29. The third kappa shape index (κ3) is 3.78. The first-order valence-electron chi connectivity index (χ1n) is 6.73. The van der Waals surface area contributed by atoms with Crippen LogP contribution in [0.1, 0.15) is 18.3 Å². The smallest absolute Gasteiger partial charge is 0.135 e. The number of hydrogen-bond acceptors (Lipinski definition) is 6. The van der Waals surface area contributed by atoms with Gasteiger partial charge in [-0.25, -0.2) is 9.97 Å². The largest absolute Gasteiger partial charge is 0.383 e. The minimum absolute atomic E-state index is 0.311. The number of nitrogens with zero attached hydrogens (tertiary/aromatic N) is 3. The van der Waals surface area contributed by atoms with Gasteiger partial charge in [-0.1, -0.05) is 0 Å². The molecule has 0 amide bonds. The van der Waals surface area contributed by atoms with E-state index in [4.69, 9.17) is 10.5 Å². The van der Waals surface area contributed by atoms with Crippen LogP contribution < -0.4 is 11.1 Å². The highest BCUT2D eigenvalue weighted by molar-refractivity contribution is 5.55. The molecule has 1 aliphatic heterocycles. The van der Waals surface area contributed by atoms with Crippen LogP contribution >= 0.6 is 0 Å². The van der Waals surface area contributed by atoms with E-state index in [-0.39, 0.29) is 0 Å². The Kier molecular flexibility index (Phi) is 4.55. The second kappa shape index (κ2) is 6.16. The number of aromatic nitrogens is 2. The van der Waals surface area contributed by atoms with Crippen LogP contribution in [0.25, 0.3) is 0 Å². The maximum atomic E-state index is 5.86. The fraction of sp³-hybridized carbons (Fsp3) is 0.692. The number of hydrogen-bond donors (Lipinski definition) is 2. The van der Waals surface area contributed by atoms with Gasteiger partial charge in [0.15, 0.2) is 0 Å². The molecule has 1 fully saturated rings. The van der Waals surface area contributed by atoms with Crippen molar-refractivity contribution in [2.24, 2.45) is 0 Å². The molecule has 6 nitrogen and oxygen atoms in total. The first-order chi connectivity index (χ1) is 9.06. The van der Waals surface area contributed by atoms with E-state index in [1.54, 1.807) is 0 Å². The lowest BCUT2D eigenvalue weighted by atomic mass is 10.2. The van der Waals surface area contributed by atoms with Gasteiger partial charge in [-0.15, -0.1) is 0 Å². The molecular weight excluding hydrogens is 242 g/mol. The summed E-state index contributed by atoms with van der Waals surface area (Å²) in [6.45, 7) is 10.6. The van der Waals surface area contributed by atoms with E-state index in [2.05, 4.69) is 27.1 Å². The van der Waals surface area contributed by atoms with Crippen LogP contribution in [0.5, 0.6) is 0 Å². The first kappa shape index (κ1) is 14.0. The van der Waals surface area contributed by atoms with Crippen molar-refractivity contribution < 1.29 is 4.74 Å². The van der Waals surface area contributed by atoms with Crippen molar-refractivity contribution in [1.82, 2.24) is 14.9 Å². The fourth-order valence-electron chi connectivity index (χ4n) is 2.24. The van der Waals surface area contributed by atoms with E-state index in [1.165, 1.54) is 0 Å². The van der Waals surface area contributed by atoms with Crippen LogP contribution in [0.3, 0.4) is 0 Å². The van der Waals surface area contributed by atoms with Crippen molar-refractivity contribution in [2.75, 3.05) is 43.9 Å². The highest BCUT2D eigenvalue weighted by Crippen LogP contribution is 2.17. The molecule has 1 atom stereocenters. The Hall–Kier alpha value is -1.40. The molecule has 1 aliphatic rings. The Balaban J connectivity index is 1.96. The number of morpholine rings is 1. The summed E-state index contributed by atoms with van der Waals surface area (Å²) < 4.78 is 5.35. The molecule has 1 aromatic rings. The maximum Gasteiger partial charge on any atom is 0.135 e. The molecule has 1 unspecified atom stereocenters. The Labute approximate surface area is 114 Å². The van der Waals surface area contributed by atoms with Gasteiger partial charge in [-0.3, -0.25) is 4.90 Å². The Bertz CT molecular complexity index is 431. The van der Waals surface area contributed by atoms with Gasteiger partial charge in [0.05, 0.1) is 13.2 Å². The molecule has 1 aromatic heterocycles. The summed E-state index contributed by atoms with van der Waals surface area (Å²) in [5.74, 6) is 2.09. The number of nitrogen functional groups attached to an aromatic ring is 1. The van der Waals surface area contributed by atoms with Gasteiger partial charge in [0.25, 0.3) is 0 Å². The van der Waals surface area contributed by atoms with E-state index in [0.717, 1.165) is 44.2 Å². The van der Waals surface area contributed by atoms with Crippen molar-refractivity contribution in [2.45, 2.75) is 26.8 Å². The van der Waals surface area contributed by atoms with E-state index in [0.29, 0.717) is 17.7 Å². The van der Waals surface area contributed by atoms with Gasteiger partial charge >= 0.3 is 0 Å².